The van der Waals surface area contributed by atoms with Gasteiger partial charge in [-0.15, -0.1) is 0 Å². The average Bonchev–Trinajstić information content (AvgIpc) is 3.20. The van der Waals surface area contributed by atoms with Crippen LogP contribution in [0.3, 0.4) is 0 Å². The van der Waals surface area contributed by atoms with Crippen molar-refractivity contribution in [3.63, 3.8) is 0 Å². The molecule has 0 saturated carbocycles. The number of aromatic nitrogens is 3. The molecule has 0 saturated heterocycles. The fourth-order valence-corrected chi connectivity index (χ4v) is 2.70. The zero-order chi connectivity index (χ0) is 17.9. The van der Waals surface area contributed by atoms with E-state index >= 15 is 0 Å². The predicted octanol–water partition coefficient (Wildman–Crippen LogP) is 3.35. The maximum atomic E-state index is 9.56. The van der Waals surface area contributed by atoms with Crippen molar-refractivity contribution >= 4 is 22.5 Å². The molecule has 7 heteroatoms. The number of benzene rings is 1. The van der Waals surface area contributed by atoms with Crippen molar-refractivity contribution in [1.29, 1.82) is 5.26 Å². The van der Waals surface area contributed by atoms with Crippen molar-refractivity contribution in [2.45, 2.75) is 6.54 Å². The molecule has 0 aliphatic carbocycles. The molecule has 3 N–H and O–H groups in total. The van der Waals surface area contributed by atoms with Crippen molar-refractivity contribution in [3.05, 3.63) is 66.2 Å². The Morgan fingerprint density at radius 1 is 1.12 bits per heavy atom. The van der Waals surface area contributed by atoms with Gasteiger partial charge in [0.25, 0.3) is 0 Å². The molecule has 1 aromatic carbocycles. The highest BCUT2D eigenvalue weighted by atomic mass is 16.3. The topological polar surface area (TPSA) is 114 Å². The Balaban J connectivity index is 1.66. The summed E-state index contributed by atoms with van der Waals surface area (Å²) in [6.45, 7) is 0.396. The lowest BCUT2D eigenvalue weighted by Gasteiger charge is -2.10. The number of hydrogen-bond donors (Lipinski definition) is 2. The number of nitrogen functional groups attached to an aromatic ring is 1. The third-order valence-corrected chi connectivity index (χ3v) is 3.92. The van der Waals surface area contributed by atoms with E-state index in [1.807, 2.05) is 36.5 Å². The molecule has 3 aromatic heterocycles. The summed E-state index contributed by atoms with van der Waals surface area (Å²) in [6.07, 6.45) is 3.33. The Kier molecular flexibility index (Phi) is 3.92. The van der Waals surface area contributed by atoms with Crippen LogP contribution in [0.1, 0.15) is 11.3 Å². The zero-order valence-electron chi connectivity index (χ0n) is 13.7. The first kappa shape index (κ1) is 15.6. The van der Waals surface area contributed by atoms with Crippen LogP contribution in [0.4, 0.5) is 11.8 Å². The zero-order valence-corrected chi connectivity index (χ0v) is 13.7. The standard InChI is InChI=1S/C19H14N6O/c20-9-15-17(16-6-3-7-26-16)24-19(21)25-18(15)23-11-14-8-12-4-1-2-5-13(12)10-22-14/h1-8,10H,11H2,(H3,21,23,24,25). The lowest BCUT2D eigenvalue weighted by molar-refractivity contribution is 0.580. The van der Waals surface area contributed by atoms with Crippen LogP contribution in [-0.2, 0) is 6.54 Å². The number of anilines is 2. The smallest absolute Gasteiger partial charge is 0.222 e. The van der Waals surface area contributed by atoms with Crippen molar-refractivity contribution in [1.82, 2.24) is 15.0 Å². The summed E-state index contributed by atoms with van der Waals surface area (Å²) in [5.74, 6) is 0.869. The molecule has 4 aromatic rings. The maximum absolute atomic E-state index is 9.56. The average molecular weight is 342 g/mol. The van der Waals surface area contributed by atoms with Gasteiger partial charge in [-0.1, -0.05) is 24.3 Å². The molecule has 0 aliphatic rings. The van der Waals surface area contributed by atoms with E-state index in [1.54, 1.807) is 12.1 Å². The molecule has 0 aliphatic heterocycles. The minimum Gasteiger partial charge on any atom is -0.463 e. The van der Waals surface area contributed by atoms with Crippen molar-refractivity contribution in [3.8, 4) is 17.5 Å². The van der Waals surface area contributed by atoms with Crippen LogP contribution in [0.2, 0.25) is 0 Å². The summed E-state index contributed by atoms with van der Waals surface area (Å²) in [5, 5.41) is 14.9. The molecule has 0 amide bonds. The third kappa shape index (κ3) is 2.91. The summed E-state index contributed by atoms with van der Waals surface area (Å²) < 4.78 is 5.35. The van der Waals surface area contributed by atoms with E-state index in [0.29, 0.717) is 23.8 Å². The molecule has 3 heterocycles. The van der Waals surface area contributed by atoms with Crippen LogP contribution >= 0.6 is 0 Å². The first-order chi connectivity index (χ1) is 12.7. The largest absolute Gasteiger partial charge is 0.463 e. The van der Waals surface area contributed by atoms with Gasteiger partial charge in [0.05, 0.1) is 18.5 Å². The monoisotopic (exact) mass is 342 g/mol. The summed E-state index contributed by atoms with van der Waals surface area (Å²) in [5.41, 5.74) is 7.26. The summed E-state index contributed by atoms with van der Waals surface area (Å²) in [4.78, 5) is 12.7. The number of pyridine rings is 1. The molecular weight excluding hydrogens is 328 g/mol. The summed E-state index contributed by atoms with van der Waals surface area (Å²) >= 11 is 0. The highest BCUT2D eigenvalue weighted by Gasteiger charge is 2.17. The van der Waals surface area contributed by atoms with E-state index in [4.69, 9.17) is 10.2 Å². The van der Waals surface area contributed by atoms with Crippen molar-refractivity contribution < 1.29 is 4.42 Å². The quantitative estimate of drug-likeness (QED) is 0.584. The van der Waals surface area contributed by atoms with Crippen LogP contribution in [0, 0.1) is 11.3 Å². The first-order valence-electron chi connectivity index (χ1n) is 7.93. The number of rotatable bonds is 4. The third-order valence-electron chi connectivity index (χ3n) is 3.92. The van der Waals surface area contributed by atoms with Gasteiger partial charge in [-0.25, -0.2) is 4.98 Å². The number of fused-ring (bicyclic) bond motifs is 1. The number of nitrogens with zero attached hydrogens (tertiary/aromatic N) is 4. The number of furan rings is 1. The summed E-state index contributed by atoms with van der Waals surface area (Å²) in [7, 11) is 0. The molecule has 0 radical (unpaired) electrons. The van der Waals surface area contributed by atoms with Crippen molar-refractivity contribution in [2.75, 3.05) is 11.1 Å². The van der Waals surface area contributed by atoms with Crippen molar-refractivity contribution in [2.24, 2.45) is 0 Å². The SMILES string of the molecule is N#Cc1c(NCc2cc3ccccc3cn2)nc(N)nc1-c1ccco1. The molecular formula is C19H14N6O. The molecule has 0 atom stereocenters. The number of nitrogens with one attached hydrogen (secondary N) is 1. The van der Waals surface area contributed by atoms with Gasteiger partial charge in [0.2, 0.25) is 5.95 Å². The Bertz CT molecular complexity index is 1110. The number of nitrogens with two attached hydrogens (primary N) is 1. The molecule has 0 unspecified atom stereocenters. The van der Waals surface area contributed by atoms with Gasteiger partial charge in [0, 0.05) is 11.6 Å². The van der Waals surface area contributed by atoms with E-state index < -0.39 is 0 Å². The Morgan fingerprint density at radius 2 is 1.96 bits per heavy atom. The van der Waals surface area contributed by atoms with Gasteiger partial charge >= 0.3 is 0 Å². The second-order valence-corrected chi connectivity index (χ2v) is 5.62. The molecule has 4 rings (SSSR count). The second-order valence-electron chi connectivity index (χ2n) is 5.62. The van der Waals surface area contributed by atoms with Gasteiger partial charge in [-0.3, -0.25) is 4.98 Å². The lowest BCUT2D eigenvalue weighted by Crippen LogP contribution is -2.09. The normalized spacial score (nSPS) is 10.6. The highest BCUT2D eigenvalue weighted by molar-refractivity contribution is 5.81. The van der Waals surface area contributed by atoms with Crippen LogP contribution in [0.15, 0.2) is 59.3 Å². The van der Waals surface area contributed by atoms with E-state index in [9.17, 15) is 5.26 Å². The van der Waals surface area contributed by atoms with E-state index in [-0.39, 0.29) is 11.5 Å². The van der Waals surface area contributed by atoms with Crippen LogP contribution in [0.5, 0.6) is 0 Å². The molecule has 26 heavy (non-hydrogen) atoms. The lowest BCUT2D eigenvalue weighted by atomic mass is 10.1. The van der Waals surface area contributed by atoms with Gasteiger partial charge in [-0.2, -0.15) is 10.2 Å². The molecule has 0 spiro atoms. The molecule has 0 fully saturated rings. The van der Waals surface area contributed by atoms with Gasteiger partial charge in [0.1, 0.15) is 17.3 Å². The number of nitriles is 1. The summed E-state index contributed by atoms with van der Waals surface area (Å²) in [6, 6.07) is 15.5. The highest BCUT2D eigenvalue weighted by Crippen LogP contribution is 2.27. The fourth-order valence-electron chi connectivity index (χ4n) is 2.70. The van der Waals surface area contributed by atoms with Gasteiger partial charge in [-0.05, 0) is 23.6 Å². The van der Waals surface area contributed by atoms with Gasteiger partial charge in [0.15, 0.2) is 11.6 Å². The van der Waals surface area contributed by atoms with Crippen LogP contribution < -0.4 is 11.1 Å². The minimum atomic E-state index is 0.0596. The maximum Gasteiger partial charge on any atom is 0.222 e. The predicted molar refractivity (Wildman–Crippen MR) is 97.9 cm³/mol. The Hall–Kier alpha value is -3.92. The van der Waals surface area contributed by atoms with Crippen LogP contribution in [0.25, 0.3) is 22.2 Å². The van der Waals surface area contributed by atoms with Crippen LogP contribution in [-0.4, -0.2) is 15.0 Å². The minimum absolute atomic E-state index is 0.0596. The van der Waals surface area contributed by atoms with E-state index in [2.05, 4.69) is 26.3 Å². The van der Waals surface area contributed by atoms with E-state index in [1.165, 1.54) is 6.26 Å². The first-order valence-corrected chi connectivity index (χ1v) is 7.93. The second kappa shape index (κ2) is 6.53. The Morgan fingerprint density at radius 3 is 2.73 bits per heavy atom. The Labute approximate surface area is 149 Å². The van der Waals surface area contributed by atoms with E-state index in [0.717, 1.165) is 16.5 Å². The van der Waals surface area contributed by atoms with Gasteiger partial charge < -0.3 is 15.5 Å². The fraction of sp³-hybridized carbons (Fsp3) is 0.0526. The number of hydrogen-bond acceptors (Lipinski definition) is 7. The molecule has 7 nitrogen and oxygen atoms in total. The molecule has 126 valence electrons. The molecule has 0 bridgehead atoms.